The van der Waals surface area contributed by atoms with Crippen molar-refractivity contribution >= 4 is 17.2 Å². The van der Waals surface area contributed by atoms with Gasteiger partial charge in [0, 0.05) is 29.2 Å². The zero-order chi connectivity index (χ0) is 11.0. The van der Waals surface area contributed by atoms with Crippen LogP contribution in [0.15, 0.2) is 55.0 Å². The van der Waals surface area contributed by atoms with Crippen LogP contribution in [0.3, 0.4) is 0 Å². The zero-order valence-corrected chi connectivity index (χ0v) is 9.22. The summed E-state index contributed by atoms with van der Waals surface area (Å²) in [6.45, 7) is 0. The highest BCUT2D eigenvalue weighted by atomic mass is 35.5. The molecule has 0 aliphatic rings. The molecule has 3 rings (SSSR count). The van der Waals surface area contributed by atoms with E-state index in [1.807, 2.05) is 53.2 Å². The Morgan fingerprint density at radius 3 is 2.88 bits per heavy atom. The molecule has 2 heterocycles. The molecule has 0 aliphatic heterocycles. The highest BCUT2D eigenvalue weighted by Gasteiger charge is 2.04. The topological polar surface area (TPSA) is 17.3 Å². The third-order valence-corrected chi connectivity index (χ3v) is 2.79. The predicted octanol–water partition coefficient (Wildman–Crippen LogP) is 3.65. The Kier molecular flexibility index (Phi) is 2.15. The van der Waals surface area contributed by atoms with Gasteiger partial charge in [-0.2, -0.15) is 0 Å². The molecule has 0 saturated carbocycles. The average molecular weight is 229 g/mol. The fraction of sp³-hybridized carbons (Fsp3) is 0. The third kappa shape index (κ3) is 1.48. The fourth-order valence-corrected chi connectivity index (χ4v) is 2.02. The summed E-state index contributed by atoms with van der Waals surface area (Å²) in [7, 11) is 0. The van der Waals surface area contributed by atoms with Crippen molar-refractivity contribution in [3.05, 3.63) is 60.0 Å². The molecule has 0 fully saturated rings. The fourth-order valence-electron chi connectivity index (χ4n) is 1.83. The number of imidazole rings is 1. The van der Waals surface area contributed by atoms with Crippen LogP contribution in [0.1, 0.15) is 0 Å². The van der Waals surface area contributed by atoms with Crippen molar-refractivity contribution < 1.29 is 0 Å². The summed E-state index contributed by atoms with van der Waals surface area (Å²) in [6, 6.07) is 11.9. The summed E-state index contributed by atoms with van der Waals surface area (Å²) in [5.41, 5.74) is 3.13. The van der Waals surface area contributed by atoms with Gasteiger partial charge in [0.25, 0.3) is 0 Å². The summed E-state index contributed by atoms with van der Waals surface area (Å²) >= 11 is 5.99. The van der Waals surface area contributed by atoms with E-state index in [1.54, 1.807) is 6.20 Å². The van der Waals surface area contributed by atoms with Crippen LogP contribution in [0.25, 0.3) is 16.8 Å². The van der Waals surface area contributed by atoms with Crippen LogP contribution in [0.2, 0.25) is 5.02 Å². The Hall–Kier alpha value is -1.80. The van der Waals surface area contributed by atoms with Crippen molar-refractivity contribution in [3.8, 4) is 11.1 Å². The minimum Gasteiger partial charge on any atom is -0.307 e. The number of halogens is 1. The monoisotopic (exact) mass is 228 g/mol. The van der Waals surface area contributed by atoms with E-state index in [9.17, 15) is 0 Å². The lowest BCUT2D eigenvalue weighted by atomic mass is 10.1. The number of pyridine rings is 1. The molecule has 0 amide bonds. The first-order valence-electron chi connectivity index (χ1n) is 5.02. The summed E-state index contributed by atoms with van der Waals surface area (Å²) in [6.07, 6.45) is 5.71. The van der Waals surface area contributed by atoms with Crippen LogP contribution >= 0.6 is 11.6 Å². The van der Waals surface area contributed by atoms with E-state index in [4.69, 9.17) is 11.6 Å². The summed E-state index contributed by atoms with van der Waals surface area (Å²) < 4.78 is 2.00. The van der Waals surface area contributed by atoms with Gasteiger partial charge < -0.3 is 4.40 Å². The Morgan fingerprint density at radius 2 is 2.00 bits per heavy atom. The predicted molar refractivity (Wildman–Crippen MR) is 65.6 cm³/mol. The van der Waals surface area contributed by atoms with Crippen molar-refractivity contribution in [1.82, 2.24) is 9.38 Å². The quantitative estimate of drug-likeness (QED) is 0.621. The van der Waals surface area contributed by atoms with E-state index in [-0.39, 0.29) is 0 Å². The second-order valence-electron chi connectivity index (χ2n) is 3.59. The van der Waals surface area contributed by atoms with Crippen LogP contribution in [-0.4, -0.2) is 9.38 Å². The molecule has 0 N–H and O–H groups in total. The Balaban J connectivity index is 2.29. The highest BCUT2D eigenvalue weighted by Crippen LogP contribution is 2.25. The minimum atomic E-state index is 0.742. The molecule has 0 bridgehead atoms. The number of benzene rings is 1. The molecular weight excluding hydrogens is 220 g/mol. The summed E-state index contributed by atoms with van der Waals surface area (Å²) in [4.78, 5) is 4.34. The molecule has 0 saturated heterocycles. The lowest BCUT2D eigenvalue weighted by molar-refractivity contribution is 1.19. The molecule has 0 aliphatic carbocycles. The zero-order valence-electron chi connectivity index (χ0n) is 8.47. The van der Waals surface area contributed by atoms with E-state index >= 15 is 0 Å². The van der Waals surface area contributed by atoms with Crippen molar-refractivity contribution in [2.45, 2.75) is 0 Å². The normalized spacial score (nSPS) is 10.8. The molecule has 0 radical (unpaired) electrons. The lowest BCUT2D eigenvalue weighted by Crippen LogP contribution is -1.86. The van der Waals surface area contributed by atoms with E-state index in [2.05, 4.69) is 4.98 Å². The molecule has 0 unspecified atom stereocenters. The van der Waals surface area contributed by atoms with Gasteiger partial charge >= 0.3 is 0 Å². The Bertz CT molecular complexity index is 643. The first-order valence-corrected chi connectivity index (χ1v) is 5.40. The van der Waals surface area contributed by atoms with Crippen LogP contribution in [-0.2, 0) is 0 Å². The van der Waals surface area contributed by atoms with Gasteiger partial charge in [-0.15, -0.1) is 0 Å². The summed E-state index contributed by atoms with van der Waals surface area (Å²) in [5.74, 6) is 0. The molecule has 0 spiro atoms. The maximum atomic E-state index is 5.99. The number of fused-ring (bicyclic) bond motifs is 1. The maximum absolute atomic E-state index is 5.99. The van der Waals surface area contributed by atoms with Crippen LogP contribution < -0.4 is 0 Å². The SMILES string of the molecule is Clc1cccc(-c2cccn3ccnc23)c1. The number of rotatable bonds is 1. The molecule has 2 aromatic heterocycles. The van der Waals surface area contributed by atoms with Crippen LogP contribution in [0.4, 0.5) is 0 Å². The third-order valence-electron chi connectivity index (χ3n) is 2.55. The first-order chi connectivity index (χ1) is 7.84. The van der Waals surface area contributed by atoms with Gasteiger partial charge in [0.1, 0.15) is 5.65 Å². The molecule has 78 valence electrons. The van der Waals surface area contributed by atoms with E-state index < -0.39 is 0 Å². The van der Waals surface area contributed by atoms with Crippen LogP contribution in [0.5, 0.6) is 0 Å². The number of nitrogens with zero attached hydrogens (tertiary/aromatic N) is 2. The number of hydrogen-bond acceptors (Lipinski definition) is 1. The molecule has 3 heteroatoms. The first kappa shape index (κ1) is 9.43. The van der Waals surface area contributed by atoms with Gasteiger partial charge in [-0.05, 0) is 29.8 Å². The van der Waals surface area contributed by atoms with Gasteiger partial charge in [0.05, 0.1) is 0 Å². The lowest BCUT2D eigenvalue weighted by Gasteiger charge is -2.04. The van der Waals surface area contributed by atoms with E-state index in [1.165, 1.54) is 0 Å². The molecule has 16 heavy (non-hydrogen) atoms. The molecule has 2 nitrogen and oxygen atoms in total. The molecular formula is C13H9ClN2. The van der Waals surface area contributed by atoms with Gasteiger partial charge in [0.2, 0.25) is 0 Å². The Labute approximate surface area is 98.1 Å². The highest BCUT2D eigenvalue weighted by molar-refractivity contribution is 6.30. The molecule has 1 aromatic carbocycles. The number of hydrogen-bond donors (Lipinski definition) is 0. The van der Waals surface area contributed by atoms with Crippen LogP contribution in [0, 0.1) is 0 Å². The van der Waals surface area contributed by atoms with E-state index in [0.29, 0.717) is 0 Å². The van der Waals surface area contributed by atoms with Crippen molar-refractivity contribution in [2.24, 2.45) is 0 Å². The van der Waals surface area contributed by atoms with Crippen molar-refractivity contribution in [1.29, 1.82) is 0 Å². The average Bonchev–Trinajstić information content (AvgIpc) is 2.76. The Morgan fingerprint density at radius 1 is 1.06 bits per heavy atom. The summed E-state index contributed by atoms with van der Waals surface area (Å²) in [5, 5.41) is 0.742. The second kappa shape index (κ2) is 3.65. The second-order valence-corrected chi connectivity index (χ2v) is 4.03. The van der Waals surface area contributed by atoms with Gasteiger partial charge in [-0.25, -0.2) is 4.98 Å². The maximum Gasteiger partial charge on any atom is 0.144 e. The smallest absolute Gasteiger partial charge is 0.144 e. The molecule has 0 atom stereocenters. The van der Waals surface area contributed by atoms with Gasteiger partial charge in [0.15, 0.2) is 0 Å². The molecule has 3 aromatic rings. The largest absolute Gasteiger partial charge is 0.307 e. The van der Waals surface area contributed by atoms with Crippen molar-refractivity contribution in [2.75, 3.05) is 0 Å². The van der Waals surface area contributed by atoms with Crippen molar-refractivity contribution in [3.63, 3.8) is 0 Å². The number of aromatic nitrogens is 2. The van der Waals surface area contributed by atoms with Gasteiger partial charge in [-0.1, -0.05) is 23.7 Å². The van der Waals surface area contributed by atoms with E-state index in [0.717, 1.165) is 21.8 Å². The van der Waals surface area contributed by atoms with Gasteiger partial charge in [-0.3, -0.25) is 0 Å². The minimum absolute atomic E-state index is 0.742. The standard InChI is InChI=1S/C13H9ClN2/c14-11-4-1-3-10(9-11)12-5-2-7-16-8-6-15-13(12)16/h1-9H.